The normalized spacial score (nSPS) is 30.0. The fourth-order valence-electron chi connectivity index (χ4n) is 3.31. The number of nitrogens with one attached hydrogen (secondary N) is 2. The smallest absolute Gasteiger partial charge is 0.354 e. The van der Waals surface area contributed by atoms with Crippen LogP contribution in [-0.4, -0.2) is 66.8 Å². The van der Waals surface area contributed by atoms with Gasteiger partial charge in [-0.2, -0.15) is 24.9 Å². The van der Waals surface area contributed by atoms with E-state index in [-0.39, 0.29) is 6.04 Å². The van der Waals surface area contributed by atoms with Gasteiger partial charge in [-0.3, -0.25) is 9.89 Å². The lowest BCUT2D eigenvalue weighted by Crippen LogP contribution is -2.48. The molecule has 4 nitrogen and oxygen atoms in total. The maximum atomic E-state index is 12.5. The lowest BCUT2D eigenvalue weighted by atomic mass is 10.2. The van der Waals surface area contributed by atoms with E-state index in [1.807, 2.05) is 18.7 Å². The zero-order valence-corrected chi connectivity index (χ0v) is 14.6. The molecule has 1 saturated carbocycles. The molecule has 0 aromatic rings. The number of hydrogen-bond donors (Lipinski definition) is 2. The SMILES string of the molecule is CCN=C(NC1CCC(SC)C1)NC1CCN(CC(F)(F)F)C1. The molecule has 2 fully saturated rings. The van der Waals surface area contributed by atoms with Crippen molar-refractivity contribution in [2.45, 2.75) is 56.1 Å². The van der Waals surface area contributed by atoms with Gasteiger partial charge in [0.25, 0.3) is 0 Å². The third-order valence-corrected chi connectivity index (χ3v) is 5.49. The Labute approximate surface area is 140 Å². The first kappa shape index (κ1) is 18.7. The number of alkyl halides is 3. The number of aliphatic imine (C=N–C) groups is 1. The van der Waals surface area contributed by atoms with E-state index in [0.717, 1.165) is 25.2 Å². The van der Waals surface area contributed by atoms with Gasteiger partial charge in [0, 0.05) is 37.0 Å². The van der Waals surface area contributed by atoms with Crippen LogP contribution in [0.15, 0.2) is 4.99 Å². The van der Waals surface area contributed by atoms with E-state index < -0.39 is 12.7 Å². The zero-order valence-electron chi connectivity index (χ0n) is 13.8. The van der Waals surface area contributed by atoms with E-state index in [9.17, 15) is 13.2 Å². The average molecular weight is 352 g/mol. The number of thioether (sulfide) groups is 1. The van der Waals surface area contributed by atoms with E-state index in [0.29, 0.717) is 30.9 Å². The molecule has 1 aliphatic heterocycles. The van der Waals surface area contributed by atoms with Gasteiger partial charge in [-0.05, 0) is 38.9 Å². The Balaban J connectivity index is 1.80. The van der Waals surface area contributed by atoms with Crippen molar-refractivity contribution in [3.8, 4) is 0 Å². The predicted molar refractivity (Wildman–Crippen MR) is 90.1 cm³/mol. The molecule has 3 atom stereocenters. The Bertz CT molecular complexity index is 403. The quantitative estimate of drug-likeness (QED) is 0.589. The minimum atomic E-state index is -4.12. The minimum Gasteiger partial charge on any atom is -0.354 e. The first-order valence-corrected chi connectivity index (χ1v) is 9.57. The fraction of sp³-hybridized carbons (Fsp3) is 0.933. The van der Waals surface area contributed by atoms with Crippen molar-refractivity contribution in [2.75, 3.05) is 32.4 Å². The molecule has 134 valence electrons. The van der Waals surface area contributed by atoms with Gasteiger partial charge in [0.15, 0.2) is 5.96 Å². The lowest BCUT2D eigenvalue weighted by molar-refractivity contribution is -0.143. The van der Waals surface area contributed by atoms with Crippen LogP contribution in [0.2, 0.25) is 0 Å². The highest BCUT2D eigenvalue weighted by atomic mass is 32.2. The Morgan fingerprint density at radius 1 is 1.22 bits per heavy atom. The topological polar surface area (TPSA) is 39.7 Å². The molecule has 0 aromatic carbocycles. The van der Waals surface area contributed by atoms with Gasteiger partial charge in [-0.1, -0.05) is 0 Å². The summed E-state index contributed by atoms with van der Waals surface area (Å²) in [4.78, 5) is 5.91. The standard InChI is InChI=1S/C15H27F3N4S/c1-3-19-14(20-11-4-5-13(8-11)23-2)21-12-6-7-22(9-12)10-15(16,17)18/h11-13H,3-10H2,1-2H3,(H2,19,20,21). The van der Waals surface area contributed by atoms with Crippen LogP contribution in [0.25, 0.3) is 0 Å². The molecule has 0 aromatic heterocycles. The van der Waals surface area contributed by atoms with Crippen molar-refractivity contribution < 1.29 is 13.2 Å². The molecule has 1 aliphatic carbocycles. The summed E-state index contributed by atoms with van der Waals surface area (Å²) in [5.74, 6) is 0.748. The largest absolute Gasteiger partial charge is 0.401 e. The summed E-state index contributed by atoms with van der Waals surface area (Å²) in [5, 5.41) is 7.47. The number of rotatable bonds is 5. The second kappa shape index (κ2) is 8.46. The van der Waals surface area contributed by atoms with E-state index in [1.54, 1.807) is 0 Å². The molecule has 1 saturated heterocycles. The summed E-state index contributed by atoms with van der Waals surface area (Å²) >= 11 is 1.90. The molecule has 2 N–H and O–H groups in total. The van der Waals surface area contributed by atoms with Crippen LogP contribution in [0.3, 0.4) is 0 Å². The van der Waals surface area contributed by atoms with Gasteiger partial charge in [-0.25, -0.2) is 0 Å². The van der Waals surface area contributed by atoms with E-state index in [1.165, 1.54) is 11.3 Å². The number of nitrogens with zero attached hydrogens (tertiary/aromatic N) is 2. The van der Waals surface area contributed by atoms with Crippen molar-refractivity contribution in [3.63, 3.8) is 0 Å². The zero-order chi connectivity index (χ0) is 16.9. The number of likely N-dealkylation sites (tertiary alicyclic amines) is 1. The summed E-state index contributed by atoms with van der Waals surface area (Å²) in [6.07, 6.45) is 2.20. The van der Waals surface area contributed by atoms with Gasteiger partial charge >= 0.3 is 6.18 Å². The van der Waals surface area contributed by atoms with Gasteiger partial charge < -0.3 is 10.6 Å². The molecule has 0 radical (unpaired) electrons. The molecule has 1 heterocycles. The maximum Gasteiger partial charge on any atom is 0.401 e. The maximum absolute atomic E-state index is 12.5. The third kappa shape index (κ3) is 6.41. The molecule has 23 heavy (non-hydrogen) atoms. The highest BCUT2D eigenvalue weighted by Crippen LogP contribution is 2.28. The Kier molecular flexibility index (Phi) is 6.88. The number of hydrogen-bond acceptors (Lipinski definition) is 3. The highest BCUT2D eigenvalue weighted by Gasteiger charge is 2.34. The Hall–Kier alpha value is -0.630. The van der Waals surface area contributed by atoms with Gasteiger partial charge in [0.05, 0.1) is 6.54 Å². The molecule has 2 aliphatic rings. The van der Waals surface area contributed by atoms with Crippen molar-refractivity contribution >= 4 is 17.7 Å². The number of halogens is 3. The number of guanidine groups is 1. The van der Waals surface area contributed by atoms with Crippen molar-refractivity contribution in [1.82, 2.24) is 15.5 Å². The Morgan fingerprint density at radius 3 is 2.57 bits per heavy atom. The first-order valence-electron chi connectivity index (χ1n) is 8.29. The lowest BCUT2D eigenvalue weighted by Gasteiger charge is -2.22. The van der Waals surface area contributed by atoms with Gasteiger partial charge in [0.2, 0.25) is 0 Å². The molecule has 0 bridgehead atoms. The summed E-state index contributed by atoms with van der Waals surface area (Å²) in [7, 11) is 0. The predicted octanol–water partition coefficient (Wildman–Crippen LogP) is 2.46. The molecule has 3 unspecified atom stereocenters. The Morgan fingerprint density at radius 2 is 1.96 bits per heavy atom. The van der Waals surface area contributed by atoms with Crippen LogP contribution in [-0.2, 0) is 0 Å². The van der Waals surface area contributed by atoms with Crippen LogP contribution in [0.4, 0.5) is 13.2 Å². The summed E-state index contributed by atoms with van der Waals surface area (Å²) in [6.45, 7) is 2.70. The fourth-order valence-corrected chi connectivity index (χ4v) is 4.11. The van der Waals surface area contributed by atoms with Crippen LogP contribution >= 0.6 is 11.8 Å². The molecule has 8 heteroatoms. The van der Waals surface area contributed by atoms with Gasteiger partial charge in [-0.15, -0.1) is 0 Å². The van der Waals surface area contributed by atoms with E-state index >= 15 is 0 Å². The van der Waals surface area contributed by atoms with Crippen LogP contribution < -0.4 is 10.6 Å². The van der Waals surface area contributed by atoms with Crippen LogP contribution in [0.5, 0.6) is 0 Å². The van der Waals surface area contributed by atoms with Crippen LogP contribution in [0.1, 0.15) is 32.6 Å². The highest BCUT2D eigenvalue weighted by molar-refractivity contribution is 7.99. The van der Waals surface area contributed by atoms with Gasteiger partial charge in [0.1, 0.15) is 0 Å². The third-order valence-electron chi connectivity index (χ3n) is 4.39. The monoisotopic (exact) mass is 352 g/mol. The van der Waals surface area contributed by atoms with E-state index in [4.69, 9.17) is 0 Å². The average Bonchev–Trinajstić information content (AvgIpc) is 3.07. The second-order valence-electron chi connectivity index (χ2n) is 6.32. The molecular weight excluding hydrogens is 325 g/mol. The van der Waals surface area contributed by atoms with Crippen molar-refractivity contribution in [3.05, 3.63) is 0 Å². The molecule has 2 rings (SSSR count). The molecule has 0 spiro atoms. The summed E-state index contributed by atoms with van der Waals surface area (Å²) in [5.41, 5.74) is 0. The molecular formula is C15H27F3N4S. The van der Waals surface area contributed by atoms with Crippen LogP contribution in [0, 0.1) is 0 Å². The minimum absolute atomic E-state index is 0.0351. The van der Waals surface area contributed by atoms with Crippen molar-refractivity contribution in [1.29, 1.82) is 0 Å². The van der Waals surface area contributed by atoms with Crippen molar-refractivity contribution in [2.24, 2.45) is 4.99 Å². The summed E-state index contributed by atoms with van der Waals surface area (Å²) < 4.78 is 37.4. The summed E-state index contributed by atoms with van der Waals surface area (Å²) in [6, 6.07) is 0.450. The molecule has 0 amide bonds. The van der Waals surface area contributed by atoms with E-state index in [2.05, 4.69) is 21.9 Å². The second-order valence-corrected chi connectivity index (χ2v) is 7.45. The first-order chi connectivity index (χ1) is 10.9.